The maximum atomic E-state index is 7.93. The first kappa shape index (κ1) is 22.8. The van der Waals surface area contributed by atoms with Crippen molar-refractivity contribution in [2.24, 2.45) is 0 Å². The molecule has 0 aliphatic carbocycles. The van der Waals surface area contributed by atoms with Crippen molar-refractivity contribution in [1.82, 2.24) is 9.88 Å². The Bertz CT molecular complexity index is 2100. The van der Waals surface area contributed by atoms with Crippen molar-refractivity contribution in [2.45, 2.75) is 40.0 Å². The Morgan fingerprint density at radius 1 is 0.902 bits per heavy atom. The second-order valence-corrected chi connectivity index (χ2v) is 13.6. The van der Waals surface area contributed by atoms with Crippen LogP contribution in [0.25, 0.3) is 42.2 Å². The molecule has 3 aromatic carbocycles. The maximum absolute atomic E-state index is 7.93. The fraction of sp³-hybridized carbons (Fsp3) is 0.229. The van der Waals surface area contributed by atoms with Crippen LogP contribution in [0.1, 0.15) is 44.3 Å². The molecule has 1 aliphatic heterocycles. The molecule has 4 nitrogen and oxygen atoms in total. The van der Waals surface area contributed by atoms with E-state index >= 15 is 0 Å². The molecule has 0 N–H and O–H groups in total. The van der Waals surface area contributed by atoms with Crippen molar-refractivity contribution in [1.29, 1.82) is 0 Å². The number of fused-ring (bicyclic) bond motifs is 5. The Morgan fingerprint density at radius 3 is 2.59 bits per heavy atom. The van der Waals surface area contributed by atoms with Crippen molar-refractivity contribution in [3.8, 4) is 22.1 Å². The van der Waals surface area contributed by atoms with Crippen LogP contribution in [0, 0.1) is 0 Å². The third kappa shape index (κ3) is 4.46. The van der Waals surface area contributed by atoms with Gasteiger partial charge in [0.05, 0.1) is 12.4 Å². The SMILES string of the molecule is [2H]C([2H])([2H])N1CN(c2cccc(Oc3cc4c(-c5cc(C(C)(C)C)ccn5)cc5c6ccsc6ccc5c4s3)c2)C(C)=C1C. The van der Waals surface area contributed by atoms with Gasteiger partial charge >= 0.3 is 0 Å². The minimum absolute atomic E-state index is 0.00413. The van der Waals surface area contributed by atoms with Gasteiger partial charge in [-0.2, -0.15) is 0 Å². The van der Waals surface area contributed by atoms with Crippen LogP contribution in [0.3, 0.4) is 0 Å². The van der Waals surface area contributed by atoms with Gasteiger partial charge in [0, 0.05) is 77.6 Å². The van der Waals surface area contributed by atoms with Gasteiger partial charge < -0.3 is 14.5 Å². The summed E-state index contributed by atoms with van der Waals surface area (Å²) in [4.78, 5) is 8.32. The summed E-state index contributed by atoms with van der Waals surface area (Å²) in [5.74, 6) is 0.700. The van der Waals surface area contributed by atoms with E-state index in [0.717, 1.165) is 38.8 Å². The van der Waals surface area contributed by atoms with E-state index in [-0.39, 0.29) is 12.1 Å². The number of pyridine rings is 1. The summed E-state index contributed by atoms with van der Waals surface area (Å²) in [6.07, 6.45) is 1.91. The number of ether oxygens (including phenoxy) is 1. The van der Waals surface area contributed by atoms with Crippen molar-refractivity contribution in [2.75, 3.05) is 18.5 Å². The van der Waals surface area contributed by atoms with Crippen molar-refractivity contribution < 1.29 is 8.85 Å². The normalized spacial score (nSPS) is 15.7. The largest absolute Gasteiger partial charge is 0.447 e. The quantitative estimate of drug-likeness (QED) is 0.208. The number of nitrogens with zero attached hydrogens (tertiary/aromatic N) is 3. The van der Waals surface area contributed by atoms with E-state index in [4.69, 9.17) is 13.8 Å². The fourth-order valence-corrected chi connectivity index (χ4v) is 7.45. The van der Waals surface area contributed by atoms with Crippen LogP contribution in [0.15, 0.2) is 89.7 Å². The van der Waals surface area contributed by atoms with Gasteiger partial charge in [0.15, 0.2) is 5.06 Å². The number of hydrogen-bond acceptors (Lipinski definition) is 6. The highest BCUT2D eigenvalue weighted by Crippen LogP contribution is 2.46. The van der Waals surface area contributed by atoms with Gasteiger partial charge in [-0.05, 0) is 78.1 Å². The van der Waals surface area contributed by atoms with Gasteiger partial charge in [0.2, 0.25) is 0 Å². The number of thiophene rings is 2. The Hall–Kier alpha value is -3.87. The molecule has 7 rings (SSSR count). The molecule has 0 atom stereocenters. The van der Waals surface area contributed by atoms with Gasteiger partial charge in [0.25, 0.3) is 0 Å². The van der Waals surface area contributed by atoms with Crippen LogP contribution in [0.4, 0.5) is 5.69 Å². The monoisotopic (exact) mass is 578 g/mol. The zero-order chi connectivity index (χ0) is 31.0. The lowest BCUT2D eigenvalue weighted by Gasteiger charge is -2.21. The highest BCUT2D eigenvalue weighted by atomic mass is 32.1. The maximum Gasteiger partial charge on any atom is 0.182 e. The average molecular weight is 579 g/mol. The summed E-state index contributed by atoms with van der Waals surface area (Å²) in [6.45, 7) is 8.57. The third-order valence-corrected chi connectivity index (χ3v) is 10.0. The lowest BCUT2D eigenvalue weighted by atomic mass is 9.86. The van der Waals surface area contributed by atoms with Crippen LogP contribution >= 0.6 is 22.7 Å². The highest BCUT2D eigenvalue weighted by molar-refractivity contribution is 7.22. The predicted octanol–water partition coefficient (Wildman–Crippen LogP) is 10.4. The smallest absolute Gasteiger partial charge is 0.182 e. The molecule has 0 fully saturated rings. The molecule has 0 spiro atoms. The van der Waals surface area contributed by atoms with Crippen LogP contribution in [-0.2, 0) is 5.41 Å². The van der Waals surface area contributed by atoms with E-state index in [0.29, 0.717) is 5.75 Å². The Labute approximate surface area is 253 Å². The Kier molecular flexibility index (Phi) is 5.34. The first-order valence-electron chi connectivity index (χ1n) is 15.2. The van der Waals surface area contributed by atoms with Crippen LogP contribution in [-0.4, -0.2) is 23.5 Å². The molecular weight excluding hydrogens is 543 g/mol. The van der Waals surface area contributed by atoms with Gasteiger partial charge in [0.1, 0.15) is 5.75 Å². The molecule has 0 radical (unpaired) electrons. The summed E-state index contributed by atoms with van der Waals surface area (Å²) in [7, 11) is 0. The zero-order valence-electron chi connectivity index (χ0n) is 26.8. The van der Waals surface area contributed by atoms with Gasteiger partial charge in [-0.3, -0.25) is 4.98 Å². The van der Waals surface area contributed by atoms with Crippen LogP contribution < -0.4 is 9.64 Å². The molecule has 6 heteroatoms. The Morgan fingerprint density at radius 2 is 1.78 bits per heavy atom. The molecule has 41 heavy (non-hydrogen) atoms. The van der Waals surface area contributed by atoms with Gasteiger partial charge in [-0.25, -0.2) is 0 Å². The molecule has 3 aromatic heterocycles. The zero-order valence-corrected chi connectivity index (χ0v) is 25.4. The lowest BCUT2D eigenvalue weighted by molar-refractivity contribution is 0.459. The summed E-state index contributed by atoms with van der Waals surface area (Å²) >= 11 is 3.40. The van der Waals surface area contributed by atoms with E-state index in [1.54, 1.807) is 22.7 Å². The van der Waals surface area contributed by atoms with E-state index in [1.807, 2.05) is 49.2 Å². The van der Waals surface area contributed by atoms with E-state index in [1.165, 1.54) is 36.0 Å². The highest BCUT2D eigenvalue weighted by Gasteiger charge is 2.23. The second-order valence-electron chi connectivity index (χ2n) is 11.7. The number of hydrogen-bond donors (Lipinski definition) is 0. The molecule has 0 saturated heterocycles. The second kappa shape index (κ2) is 9.61. The molecule has 0 amide bonds. The minimum Gasteiger partial charge on any atom is -0.447 e. The molecule has 0 saturated carbocycles. The number of rotatable bonds is 4. The molecule has 0 unspecified atom stereocenters. The average Bonchev–Trinajstić information content (AvgIpc) is 3.70. The summed E-state index contributed by atoms with van der Waals surface area (Å²) < 4.78 is 32.8. The fourth-order valence-electron chi connectivity index (χ4n) is 5.57. The minimum atomic E-state index is -2.19. The van der Waals surface area contributed by atoms with Crippen molar-refractivity contribution in [3.05, 3.63) is 95.3 Å². The number of aromatic nitrogens is 1. The van der Waals surface area contributed by atoms with Crippen molar-refractivity contribution in [3.63, 3.8) is 0 Å². The summed E-state index contributed by atoms with van der Waals surface area (Å²) in [5, 5.41) is 7.73. The Balaban J connectivity index is 1.33. The predicted molar refractivity (Wildman–Crippen MR) is 177 cm³/mol. The molecule has 4 heterocycles. The molecule has 0 bridgehead atoms. The first-order valence-corrected chi connectivity index (χ1v) is 15.4. The van der Waals surface area contributed by atoms with Gasteiger partial charge in [-0.15, -0.1) is 11.3 Å². The van der Waals surface area contributed by atoms with Crippen LogP contribution in [0.2, 0.25) is 0 Å². The molecule has 206 valence electrons. The number of allylic oxidation sites excluding steroid dienone is 2. The summed E-state index contributed by atoms with van der Waals surface area (Å²) in [5.41, 5.74) is 5.85. The molecular formula is C35H33N3OS2. The van der Waals surface area contributed by atoms with E-state index < -0.39 is 6.98 Å². The van der Waals surface area contributed by atoms with Crippen molar-refractivity contribution >= 4 is 59.3 Å². The van der Waals surface area contributed by atoms with Gasteiger partial charge in [-0.1, -0.05) is 44.2 Å². The summed E-state index contributed by atoms with van der Waals surface area (Å²) in [6, 6.07) is 23.2. The van der Waals surface area contributed by atoms with Crippen LogP contribution in [0.5, 0.6) is 10.8 Å². The topological polar surface area (TPSA) is 28.6 Å². The van der Waals surface area contributed by atoms with E-state index in [9.17, 15) is 0 Å². The first-order chi connectivity index (χ1) is 20.9. The van der Waals surface area contributed by atoms with E-state index in [2.05, 4.69) is 68.6 Å². The number of benzene rings is 3. The standard InChI is InChI=1S/C35H33N3OS2/c1-21-22(2)38(20-37(21)6)24-8-7-9-25(17-24)39-33-19-30-29(31-16-23(12-14-36-31)35(3,4)5)18-28-26-13-15-40-32(26)11-10-27(28)34(30)41-33/h7-19H,20H2,1-6H3/i6D3. The number of anilines is 1. The molecule has 1 aliphatic rings. The lowest BCUT2D eigenvalue weighted by Crippen LogP contribution is -2.24. The molecule has 6 aromatic rings. The third-order valence-electron chi connectivity index (χ3n) is 8.08.